The lowest BCUT2D eigenvalue weighted by Gasteiger charge is -2.34. The van der Waals surface area contributed by atoms with Crippen molar-refractivity contribution in [2.75, 3.05) is 19.6 Å². The van der Waals surface area contributed by atoms with Gasteiger partial charge in [-0.05, 0) is 6.07 Å². The van der Waals surface area contributed by atoms with Crippen molar-refractivity contribution in [2.24, 2.45) is 7.05 Å². The lowest BCUT2D eigenvalue weighted by molar-refractivity contribution is -0.143. The van der Waals surface area contributed by atoms with Gasteiger partial charge in [-0.25, -0.2) is 0 Å². The van der Waals surface area contributed by atoms with Crippen molar-refractivity contribution in [3.05, 3.63) is 18.0 Å². The number of amides is 1. The van der Waals surface area contributed by atoms with E-state index in [1.807, 2.05) is 18.0 Å². The van der Waals surface area contributed by atoms with E-state index >= 15 is 0 Å². The predicted molar refractivity (Wildman–Crippen MR) is 67.5 cm³/mol. The van der Waals surface area contributed by atoms with E-state index in [0.717, 1.165) is 12.1 Å². The maximum atomic E-state index is 11.7. The second kappa shape index (κ2) is 5.83. The fourth-order valence-electron chi connectivity index (χ4n) is 2.32. The molecule has 104 valence electrons. The highest BCUT2D eigenvalue weighted by atomic mass is 16.4. The normalized spacial score (nSPS) is 20.3. The first-order valence-electron chi connectivity index (χ1n) is 6.28. The number of carbonyl (C=O) groups is 2. The molecular weight excluding hydrogens is 248 g/mol. The van der Waals surface area contributed by atoms with E-state index in [9.17, 15) is 9.59 Å². The van der Waals surface area contributed by atoms with Gasteiger partial charge in [0.1, 0.15) is 0 Å². The third kappa shape index (κ3) is 3.31. The van der Waals surface area contributed by atoms with Gasteiger partial charge in [-0.15, -0.1) is 0 Å². The maximum Gasteiger partial charge on any atom is 0.305 e. The Kier molecular flexibility index (Phi) is 4.16. The molecule has 2 heterocycles. The molecule has 1 fully saturated rings. The zero-order chi connectivity index (χ0) is 13.8. The molecule has 1 atom stereocenters. The first-order valence-corrected chi connectivity index (χ1v) is 6.28. The van der Waals surface area contributed by atoms with Gasteiger partial charge in [-0.2, -0.15) is 5.10 Å². The Labute approximate surface area is 111 Å². The summed E-state index contributed by atoms with van der Waals surface area (Å²) in [5.41, 5.74) is 1.07. The van der Waals surface area contributed by atoms with E-state index < -0.39 is 12.0 Å². The molecule has 7 heteroatoms. The molecule has 2 rings (SSSR count). The molecule has 0 saturated carbocycles. The summed E-state index contributed by atoms with van der Waals surface area (Å²) in [5.74, 6) is -1.15. The summed E-state index contributed by atoms with van der Waals surface area (Å²) < 4.78 is 1.79. The molecule has 2 N–H and O–H groups in total. The van der Waals surface area contributed by atoms with Crippen molar-refractivity contribution < 1.29 is 14.7 Å². The molecule has 1 unspecified atom stereocenters. The smallest absolute Gasteiger partial charge is 0.305 e. The predicted octanol–water partition coefficient (Wildman–Crippen LogP) is -0.762. The van der Waals surface area contributed by atoms with Crippen molar-refractivity contribution in [1.29, 1.82) is 0 Å². The first-order chi connectivity index (χ1) is 9.08. The summed E-state index contributed by atoms with van der Waals surface area (Å²) >= 11 is 0. The van der Waals surface area contributed by atoms with Crippen LogP contribution >= 0.6 is 0 Å². The average molecular weight is 266 g/mol. The fourth-order valence-corrected chi connectivity index (χ4v) is 2.32. The van der Waals surface area contributed by atoms with Crippen LogP contribution in [0.1, 0.15) is 12.1 Å². The number of hydrogen-bond acceptors (Lipinski definition) is 4. The van der Waals surface area contributed by atoms with Gasteiger partial charge in [0.25, 0.3) is 0 Å². The van der Waals surface area contributed by atoms with Crippen molar-refractivity contribution in [3.63, 3.8) is 0 Å². The Hall–Kier alpha value is -1.89. The molecule has 0 spiro atoms. The highest BCUT2D eigenvalue weighted by Gasteiger charge is 2.31. The number of nitrogens with zero attached hydrogens (tertiary/aromatic N) is 3. The van der Waals surface area contributed by atoms with Crippen molar-refractivity contribution >= 4 is 11.9 Å². The van der Waals surface area contributed by atoms with Gasteiger partial charge < -0.3 is 10.4 Å². The lowest BCUT2D eigenvalue weighted by atomic mass is 10.1. The van der Waals surface area contributed by atoms with Gasteiger partial charge in [0, 0.05) is 45.0 Å². The van der Waals surface area contributed by atoms with E-state index in [1.54, 1.807) is 10.9 Å². The van der Waals surface area contributed by atoms with Gasteiger partial charge in [-0.1, -0.05) is 0 Å². The van der Waals surface area contributed by atoms with Crippen molar-refractivity contribution in [3.8, 4) is 0 Å². The number of aryl methyl sites for hydroxylation is 1. The zero-order valence-corrected chi connectivity index (χ0v) is 10.9. The number of aromatic nitrogens is 2. The van der Waals surface area contributed by atoms with E-state index in [1.165, 1.54) is 0 Å². The van der Waals surface area contributed by atoms with Gasteiger partial charge in [0.15, 0.2) is 0 Å². The molecule has 0 bridgehead atoms. The summed E-state index contributed by atoms with van der Waals surface area (Å²) in [6, 6.07) is 1.36. The minimum Gasteiger partial charge on any atom is -0.481 e. The number of hydrogen-bond donors (Lipinski definition) is 2. The van der Waals surface area contributed by atoms with Crippen molar-refractivity contribution in [1.82, 2.24) is 20.0 Å². The summed E-state index contributed by atoms with van der Waals surface area (Å²) in [4.78, 5) is 24.5. The Morgan fingerprint density at radius 1 is 1.63 bits per heavy atom. The van der Waals surface area contributed by atoms with Gasteiger partial charge >= 0.3 is 5.97 Å². The Morgan fingerprint density at radius 2 is 2.42 bits per heavy atom. The molecule has 7 nitrogen and oxygen atoms in total. The molecule has 19 heavy (non-hydrogen) atoms. The van der Waals surface area contributed by atoms with E-state index in [2.05, 4.69) is 10.4 Å². The number of nitrogens with one attached hydrogen (secondary N) is 1. The molecular formula is C12H18N4O3. The second-order valence-electron chi connectivity index (χ2n) is 4.64. The number of carbonyl (C=O) groups excluding carboxylic acids is 1. The molecule has 1 amide bonds. The van der Waals surface area contributed by atoms with Gasteiger partial charge in [0.2, 0.25) is 5.91 Å². The molecule has 1 aromatic rings. The standard InChI is InChI=1S/C12H18N4O3/c1-15-9(2-4-14-15)3-6-16-7-5-13-12(19)10(16)8-11(17)18/h2,4,10H,3,5-8H2,1H3,(H,13,19)(H,17,18). The zero-order valence-electron chi connectivity index (χ0n) is 10.9. The minimum atomic E-state index is -0.951. The van der Waals surface area contributed by atoms with E-state index in [4.69, 9.17) is 5.11 Å². The van der Waals surface area contributed by atoms with Crippen LogP contribution in [0.4, 0.5) is 0 Å². The Morgan fingerprint density at radius 3 is 3.05 bits per heavy atom. The van der Waals surface area contributed by atoms with E-state index in [0.29, 0.717) is 19.6 Å². The summed E-state index contributed by atoms with van der Waals surface area (Å²) in [6.07, 6.45) is 2.32. The fraction of sp³-hybridized carbons (Fsp3) is 0.583. The van der Waals surface area contributed by atoms with Crippen LogP contribution in [0.25, 0.3) is 0 Å². The average Bonchev–Trinajstić information content (AvgIpc) is 2.75. The summed E-state index contributed by atoms with van der Waals surface area (Å²) in [5, 5.41) is 15.7. The highest BCUT2D eigenvalue weighted by Crippen LogP contribution is 2.10. The number of piperazine rings is 1. The van der Waals surface area contributed by atoms with Crippen LogP contribution in [0.5, 0.6) is 0 Å². The third-order valence-corrected chi connectivity index (χ3v) is 3.39. The molecule has 1 aliphatic rings. The van der Waals surface area contributed by atoms with Crippen molar-refractivity contribution in [2.45, 2.75) is 18.9 Å². The van der Waals surface area contributed by atoms with Crippen LogP contribution in [-0.4, -0.2) is 57.3 Å². The van der Waals surface area contributed by atoms with Crippen LogP contribution < -0.4 is 5.32 Å². The molecule has 0 aromatic carbocycles. The number of rotatable bonds is 5. The summed E-state index contributed by atoms with van der Waals surface area (Å²) in [7, 11) is 1.87. The van der Waals surface area contributed by atoms with Crippen LogP contribution in [0.3, 0.4) is 0 Å². The first kappa shape index (κ1) is 13.5. The van der Waals surface area contributed by atoms with E-state index in [-0.39, 0.29) is 12.3 Å². The topological polar surface area (TPSA) is 87.5 Å². The number of carboxylic acid groups (broad SMARTS) is 1. The Balaban J connectivity index is 1.98. The highest BCUT2D eigenvalue weighted by molar-refractivity contribution is 5.86. The van der Waals surface area contributed by atoms with Gasteiger partial charge in [-0.3, -0.25) is 19.2 Å². The molecule has 1 aliphatic heterocycles. The minimum absolute atomic E-state index is 0.156. The molecule has 1 saturated heterocycles. The van der Waals surface area contributed by atoms with Crippen LogP contribution in [0.2, 0.25) is 0 Å². The SMILES string of the molecule is Cn1nccc1CCN1CCNC(=O)C1CC(=O)O. The number of aliphatic carboxylic acids is 1. The monoisotopic (exact) mass is 266 g/mol. The lowest BCUT2D eigenvalue weighted by Crippen LogP contribution is -2.56. The molecule has 0 aliphatic carbocycles. The van der Waals surface area contributed by atoms with Crippen LogP contribution in [0, 0.1) is 0 Å². The van der Waals surface area contributed by atoms with Crippen LogP contribution in [0.15, 0.2) is 12.3 Å². The molecule has 0 radical (unpaired) electrons. The number of carboxylic acids is 1. The Bertz CT molecular complexity index is 471. The summed E-state index contributed by atoms with van der Waals surface area (Å²) in [6.45, 7) is 1.91. The molecule has 1 aromatic heterocycles. The van der Waals surface area contributed by atoms with Gasteiger partial charge in [0.05, 0.1) is 12.5 Å². The van der Waals surface area contributed by atoms with Crippen LogP contribution in [-0.2, 0) is 23.1 Å². The largest absolute Gasteiger partial charge is 0.481 e. The second-order valence-corrected chi connectivity index (χ2v) is 4.64. The maximum absolute atomic E-state index is 11.7. The third-order valence-electron chi connectivity index (χ3n) is 3.39. The quantitative estimate of drug-likeness (QED) is 0.731.